The molecule has 0 radical (unpaired) electrons. The number of benzene rings is 2. The van der Waals surface area contributed by atoms with E-state index in [1.54, 1.807) is 24.3 Å². The highest BCUT2D eigenvalue weighted by Crippen LogP contribution is 2.40. The summed E-state index contributed by atoms with van der Waals surface area (Å²) in [5.74, 6) is -0.885. The highest BCUT2D eigenvalue weighted by atomic mass is 32.1. The first-order valence-corrected chi connectivity index (χ1v) is 10.4. The number of cyclic esters (lactones) is 2. The number of aliphatic hydroxyl groups is 2. The van der Waals surface area contributed by atoms with E-state index in [1.807, 2.05) is 36.4 Å². The lowest BCUT2D eigenvalue weighted by molar-refractivity contribution is -0.143. The van der Waals surface area contributed by atoms with Crippen molar-refractivity contribution in [3.05, 3.63) is 71.8 Å². The standard InChI is InChI=1S/2C11H12O3S/c2*12-9(8-4-2-1-3-5-8)11(15)6-7-14-10(11)13/h2*1-5,9,12,15H,6-7H2. The van der Waals surface area contributed by atoms with Crippen molar-refractivity contribution in [1.29, 1.82) is 0 Å². The Morgan fingerprint density at radius 2 is 1.03 bits per heavy atom. The molecule has 4 atom stereocenters. The Balaban J connectivity index is 0.000000171. The molecule has 0 bridgehead atoms. The molecule has 0 amide bonds. The number of esters is 2. The Labute approximate surface area is 186 Å². The summed E-state index contributed by atoms with van der Waals surface area (Å²) in [6, 6.07) is 18.1. The Hall–Kier alpha value is -2.00. The van der Waals surface area contributed by atoms with Crippen molar-refractivity contribution in [2.24, 2.45) is 0 Å². The van der Waals surface area contributed by atoms with Gasteiger partial charge in [-0.15, -0.1) is 0 Å². The molecule has 2 fully saturated rings. The summed E-state index contributed by atoms with van der Waals surface area (Å²) in [5.41, 5.74) is 1.37. The first-order valence-electron chi connectivity index (χ1n) is 9.54. The van der Waals surface area contributed by atoms with Crippen molar-refractivity contribution in [3.8, 4) is 0 Å². The quantitative estimate of drug-likeness (QED) is 0.425. The van der Waals surface area contributed by atoms with Crippen molar-refractivity contribution in [2.45, 2.75) is 34.5 Å². The smallest absolute Gasteiger partial charge is 0.325 e. The van der Waals surface area contributed by atoms with Gasteiger partial charge in [0.05, 0.1) is 13.2 Å². The van der Waals surface area contributed by atoms with Gasteiger partial charge in [0.25, 0.3) is 0 Å². The SMILES string of the molecule is O=C1OCCC1(S)C(O)c1ccccc1.O=C1OCCC1(S)C(O)c1ccccc1. The molecule has 8 heteroatoms. The third-order valence-corrected chi connectivity index (χ3v) is 6.58. The van der Waals surface area contributed by atoms with Crippen LogP contribution < -0.4 is 0 Å². The third kappa shape index (κ3) is 4.51. The molecule has 0 saturated carbocycles. The maximum atomic E-state index is 11.5. The van der Waals surface area contributed by atoms with Crippen LogP contribution in [0.15, 0.2) is 60.7 Å². The normalized spacial score (nSPS) is 27.5. The number of hydrogen-bond donors (Lipinski definition) is 4. The average Bonchev–Trinajstić information content (AvgIpc) is 3.31. The topological polar surface area (TPSA) is 93.1 Å². The minimum Gasteiger partial charge on any atom is -0.465 e. The number of hydrogen-bond acceptors (Lipinski definition) is 8. The van der Waals surface area contributed by atoms with Gasteiger partial charge in [0.1, 0.15) is 21.7 Å². The van der Waals surface area contributed by atoms with E-state index in [0.29, 0.717) is 37.2 Å². The summed E-state index contributed by atoms with van der Waals surface area (Å²) in [7, 11) is 0. The number of aliphatic hydroxyl groups excluding tert-OH is 2. The number of carbonyl (C=O) groups excluding carboxylic acids is 2. The predicted octanol–water partition coefficient (Wildman–Crippen LogP) is 2.67. The van der Waals surface area contributed by atoms with Gasteiger partial charge in [-0.05, 0) is 11.1 Å². The molecule has 2 aromatic rings. The van der Waals surface area contributed by atoms with Gasteiger partial charge in [0.2, 0.25) is 0 Å². The monoisotopic (exact) mass is 448 g/mol. The van der Waals surface area contributed by atoms with E-state index in [2.05, 4.69) is 25.3 Å². The maximum absolute atomic E-state index is 11.5. The van der Waals surface area contributed by atoms with E-state index in [4.69, 9.17) is 9.47 Å². The third-order valence-electron chi connectivity index (χ3n) is 5.27. The fraction of sp³-hybridized carbons (Fsp3) is 0.364. The van der Waals surface area contributed by atoms with Crippen LogP contribution in [0.3, 0.4) is 0 Å². The Bertz CT molecular complexity index is 804. The highest BCUT2D eigenvalue weighted by molar-refractivity contribution is 7.83. The largest absolute Gasteiger partial charge is 0.465 e. The van der Waals surface area contributed by atoms with Crippen LogP contribution in [0.25, 0.3) is 0 Å². The van der Waals surface area contributed by atoms with Gasteiger partial charge in [0, 0.05) is 12.8 Å². The van der Waals surface area contributed by atoms with Crippen LogP contribution in [0.1, 0.15) is 36.2 Å². The Morgan fingerprint density at radius 1 is 0.700 bits per heavy atom. The van der Waals surface area contributed by atoms with E-state index >= 15 is 0 Å². The van der Waals surface area contributed by atoms with E-state index in [0.717, 1.165) is 0 Å². The summed E-state index contributed by atoms with van der Waals surface area (Å²) in [4.78, 5) is 22.9. The van der Waals surface area contributed by atoms with Crippen LogP contribution >= 0.6 is 25.3 Å². The van der Waals surface area contributed by atoms with Crippen molar-refractivity contribution >= 4 is 37.2 Å². The summed E-state index contributed by atoms with van der Waals surface area (Å²) in [6.07, 6.45) is -0.968. The van der Waals surface area contributed by atoms with Crippen LogP contribution in [-0.2, 0) is 19.1 Å². The number of thiol groups is 2. The molecule has 2 N–H and O–H groups in total. The molecule has 0 aromatic heterocycles. The molecule has 2 heterocycles. The second kappa shape index (κ2) is 9.43. The van der Waals surface area contributed by atoms with Gasteiger partial charge in [-0.1, -0.05) is 60.7 Å². The molecule has 6 nitrogen and oxygen atoms in total. The van der Waals surface area contributed by atoms with E-state index < -0.39 is 33.6 Å². The number of rotatable bonds is 4. The molecular weight excluding hydrogens is 424 g/mol. The lowest BCUT2D eigenvalue weighted by Crippen LogP contribution is -2.35. The Kier molecular flexibility index (Phi) is 7.13. The van der Waals surface area contributed by atoms with E-state index in [-0.39, 0.29) is 0 Å². The van der Waals surface area contributed by atoms with Crippen molar-refractivity contribution in [1.82, 2.24) is 0 Å². The zero-order chi connectivity index (χ0) is 21.8. The lowest BCUT2D eigenvalue weighted by Gasteiger charge is -2.24. The van der Waals surface area contributed by atoms with Crippen LogP contribution in [-0.4, -0.2) is 44.9 Å². The van der Waals surface area contributed by atoms with Crippen LogP contribution in [0.2, 0.25) is 0 Å². The zero-order valence-corrected chi connectivity index (χ0v) is 18.0. The van der Waals surface area contributed by atoms with Crippen molar-refractivity contribution in [2.75, 3.05) is 13.2 Å². The van der Waals surface area contributed by atoms with Crippen LogP contribution in [0.5, 0.6) is 0 Å². The Morgan fingerprint density at radius 3 is 1.30 bits per heavy atom. The van der Waals surface area contributed by atoms with E-state index in [1.165, 1.54) is 0 Å². The number of carbonyl (C=O) groups is 2. The second-order valence-corrected chi connectivity index (χ2v) is 8.84. The van der Waals surface area contributed by atoms with Crippen LogP contribution in [0, 0.1) is 0 Å². The zero-order valence-electron chi connectivity index (χ0n) is 16.2. The summed E-state index contributed by atoms with van der Waals surface area (Å²) < 4.78 is 7.48. The van der Waals surface area contributed by atoms with Gasteiger partial charge in [-0.3, -0.25) is 9.59 Å². The fourth-order valence-electron chi connectivity index (χ4n) is 3.37. The van der Waals surface area contributed by atoms with E-state index in [9.17, 15) is 19.8 Å². The summed E-state index contributed by atoms with van der Waals surface area (Å²) >= 11 is 8.52. The van der Waals surface area contributed by atoms with Crippen molar-refractivity contribution < 1.29 is 29.3 Å². The number of ether oxygens (including phenoxy) is 2. The van der Waals surface area contributed by atoms with Crippen LogP contribution in [0.4, 0.5) is 0 Å². The van der Waals surface area contributed by atoms with Gasteiger partial charge in [-0.2, -0.15) is 25.3 Å². The van der Waals surface area contributed by atoms with Gasteiger partial charge in [0.15, 0.2) is 0 Å². The first kappa shape index (κ1) is 22.7. The minimum absolute atomic E-state index is 0.326. The van der Waals surface area contributed by atoms with Gasteiger partial charge < -0.3 is 19.7 Å². The second-order valence-electron chi connectivity index (χ2n) is 7.25. The van der Waals surface area contributed by atoms with Gasteiger partial charge >= 0.3 is 11.9 Å². The molecule has 2 aliphatic heterocycles. The fourth-order valence-corrected chi connectivity index (χ4v) is 3.98. The molecule has 0 aliphatic carbocycles. The molecule has 30 heavy (non-hydrogen) atoms. The lowest BCUT2D eigenvalue weighted by atomic mass is 9.93. The predicted molar refractivity (Wildman–Crippen MR) is 117 cm³/mol. The first-order chi connectivity index (χ1) is 14.3. The molecule has 160 valence electrons. The molecule has 2 aliphatic rings. The average molecular weight is 449 g/mol. The summed E-state index contributed by atoms with van der Waals surface area (Å²) in [5, 5.41) is 20.1. The highest BCUT2D eigenvalue weighted by Gasteiger charge is 2.48. The van der Waals surface area contributed by atoms with Crippen molar-refractivity contribution in [3.63, 3.8) is 0 Å². The molecule has 4 unspecified atom stereocenters. The molecule has 0 spiro atoms. The molecular formula is C22H24O6S2. The minimum atomic E-state index is -1.10. The molecule has 2 saturated heterocycles. The maximum Gasteiger partial charge on any atom is 0.325 e. The summed E-state index contributed by atoms with van der Waals surface area (Å²) in [6.45, 7) is 0.651. The molecule has 2 aromatic carbocycles. The molecule has 4 rings (SSSR count). The van der Waals surface area contributed by atoms with Gasteiger partial charge in [-0.25, -0.2) is 0 Å².